The molecule has 88 valence electrons. The molecular weight excluding hydrogens is 224 g/mol. The topological polar surface area (TPSA) is 72.2 Å². The predicted molar refractivity (Wildman–Crippen MR) is 63.4 cm³/mol. The van der Waals surface area contributed by atoms with Crippen molar-refractivity contribution >= 4 is 15.7 Å². The molecule has 1 fully saturated rings. The zero-order valence-electron chi connectivity index (χ0n) is 9.02. The van der Waals surface area contributed by atoms with Crippen molar-refractivity contribution in [2.24, 2.45) is 5.92 Å². The fraction of sp³-hybridized carbons (Fsp3) is 0.455. The summed E-state index contributed by atoms with van der Waals surface area (Å²) in [6, 6.07) is 6.51. The molecule has 1 saturated carbocycles. The SMILES string of the molecule is Nc1ccccc1S(=O)(=O)NCCC1CC1. The van der Waals surface area contributed by atoms with E-state index in [1.807, 2.05) is 0 Å². The molecule has 1 aliphatic rings. The van der Waals surface area contributed by atoms with Crippen LogP contribution in [0.1, 0.15) is 19.3 Å². The molecule has 0 saturated heterocycles. The molecule has 0 atom stereocenters. The molecule has 0 bridgehead atoms. The molecule has 3 N–H and O–H groups in total. The molecule has 0 spiro atoms. The second-order valence-electron chi connectivity index (χ2n) is 4.17. The summed E-state index contributed by atoms with van der Waals surface area (Å²) in [5, 5.41) is 0. The molecule has 2 rings (SSSR count). The van der Waals surface area contributed by atoms with Crippen LogP contribution < -0.4 is 10.5 Å². The Labute approximate surface area is 95.9 Å². The van der Waals surface area contributed by atoms with Crippen LogP contribution in [0, 0.1) is 5.92 Å². The van der Waals surface area contributed by atoms with E-state index in [-0.39, 0.29) is 4.90 Å². The molecule has 1 aromatic rings. The summed E-state index contributed by atoms with van der Waals surface area (Å²) in [4.78, 5) is 0.172. The standard InChI is InChI=1S/C11H16N2O2S/c12-10-3-1-2-4-11(10)16(14,15)13-8-7-9-5-6-9/h1-4,9,13H,5-8,12H2. The lowest BCUT2D eigenvalue weighted by Crippen LogP contribution is -2.25. The van der Waals surface area contributed by atoms with E-state index in [9.17, 15) is 8.42 Å². The molecule has 0 aliphatic heterocycles. The summed E-state index contributed by atoms with van der Waals surface area (Å²) in [6.45, 7) is 0.501. The van der Waals surface area contributed by atoms with Crippen molar-refractivity contribution in [1.82, 2.24) is 4.72 Å². The summed E-state index contributed by atoms with van der Waals surface area (Å²) in [6.07, 6.45) is 3.39. The minimum atomic E-state index is -3.43. The number of para-hydroxylation sites is 1. The Morgan fingerprint density at radius 1 is 1.31 bits per heavy atom. The number of benzene rings is 1. The summed E-state index contributed by atoms with van der Waals surface area (Å²) in [5.74, 6) is 0.718. The van der Waals surface area contributed by atoms with E-state index >= 15 is 0 Å². The van der Waals surface area contributed by atoms with Crippen molar-refractivity contribution in [3.8, 4) is 0 Å². The number of sulfonamides is 1. The lowest BCUT2D eigenvalue weighted by Gasteiger charge is -2.08. The van der Waals surface area contributed by atoms with E-state index in [2.05, 4.69) is 4.72 Å². The van der Waals surface area contributed by atoms with E-state index in [1.54, 1.807) is 18.2 Å². The van der Waals surface area contributed by atoms with Crippen molar-refractivity contribution in [2.45, 2.75) is 24.2 Å². The highest BCUT2D eigenvalue weighted by molar-refractivity contribution is 7.89. The van der Waals surface area contributed by atoms with Gasteiger partial charge in [-0.05, 0) is 24.5 Å². The second kappa shape index (κ2) is 4.43. The fourth-order valence-electron chi connectivity index (χ4n) is 1.61. The molecule has 0 amide bonds. The van der Waals surface area contributed by atoms with E-state index in [4.69, 9.17) is 5.73 Å². The Bertz CT molecular complexity index is 467. The van der Waals surface area contributed by atoms with Crippen LogP contribution in [-0.4, -0.2) is 15.0 Å². The van der Waals surface area contributed by atoms with Crippen molar-refractivity contribution in [3.05, 3.63) is 24.3 Å². The number of hydrogen-bond donors (Lipinski definition) is 2. The molecule has 4 nitrogen and oxygen atoms in total. The summed E-state index contributed by atoms with van der Waals surface area (Å²) in [7, 11) is -3.43. The van der Waals surface area contributed by atoms with Gasteiger partial charge in [0, 0.05) is 6.54 Å². The number of nitrogens with two attached hydrogens (primary N) is 1. The molecule has 0 heterocycles. The minimum absolute atomic E-state index is 0.172. The van der Waals surface area contributed by atoms with Gasteiger partial charge in [-0.15, -0.1) is 0 Å². The van der Waals surface area contributed by atoms with Crippen LogP contribution in [0.15, 0.2) is 29.2 Å². The molecule has 0 unspecified atom stereocenters. The first-order valence-corrected chi connectivity index (χ1v) is 6.92. The third-order valence-electron chi connectivity index (χ3n) is 2.75. The van der Waals surface area contributed by atoms with Gasteiger partial charge in [0.2, 0.25) is 10.0 Å². The van der Waals surface area contributed by atoms with E-state index < -0.39 is 10.0 Å². The molecule has 0 radical (unpaired) electrons. The van der Waals surface area contributed by atoms with Crippen LogP contribution >= 0.6 is 0 Å². The smallest absolute Gasteiger partial charge is 0.242 e. The number of nitrogen functional groups attached to an aromatic ring is 1. The van der Waals surface area contributed by atoms with Gasteiger partial charge in [0.25, 0.3) is 0 Å². The first kappa shape index (κ1) is 11.4. The summed E-state index contributed by atoms with van der Waals surface area (Å²) in [5.41, 5.74) is 5.92. The predicted octanol–water partition coefficient (Wildman–Crippen LogP) is 1.35. The second-order valence-corrected chi connectivity index (χ2v) is 5.90. The molecule has 16 heavy (non-hydrogen) atoms. The first-order chi connectivity index (χ1) is 7.59. The van der Waals surface area contributed by atoms with E-state index in [0.29, 0.717) is 12.2 Å². The van der Waals surface area contributed by atoms with Crippen LogP contribution in [0.25, 0.3) is 0 Å². The van der Waals surface area contributed by atoms with E-state index in [1.165, 1.54) is 18.9 Å². The van der Waals surface area contributed by atoms with E-state index in [0.717, 1.165) is 12.3 Å². The monoisotopic (exact) mass is 240 g/mol. The van der Waals surface area contributed by atoms with Gasteiger partial charge in [-0.25, -0.2) is 13.1 Å². The Kier molecular flexibility index (Phi) is 3.16. The zero-order chi connectivity index (χ0) is 11.6. The molecule has 0 aromatic heterocycles. The van der Waals surface area contributed by atoms with Crippen molar-refractivity contribution in [3.63, 3.8) is 0 Å². The van der Waals surface area contributed by atoms with Crippen molar-refractivity contribution in [2.75, 3.05) is 12.3 Å². The van der Waals surface area contributed by atoms with Gasteiger partial charge in [0.1, 0.15) is 4.90 Å². The van der Waals surface area contributed by atoms with Gasteiger partial charge in [0.15, 0.2) is 0 Å². The first-order valence-electron chi connectivity index (χ1n) is 5.44. The van der Waals surface area contributed by atoms with Crippen LogP contribution in [0.2, 0.25) is 0 Å². The Morgan fingerprint density at radius 2 is 2.00 bits per heavy atom. The lowest BCUT2D eigenvalue weighted by molar-refractivity contribution is 0.575. The van der Waals surface area contributed by atoms with Crippen LogP contribution in [0.4, 0.5) is 5.69 Å². The Morgan fingerprint density at radius 3 is 2.62 bits per heavy atom. The highest BCUT2D eigenvalue weighted by Crippen LogP contribution is 2.31. The zero-order valence-corrected chi connectivity index (χ0v) is 9.83. The van der Waals surface area contributed by atoms with Crippen LogP contribution in [0.5, 0.6) is 0 Å². The van der Waals surface area contributed by atoms with Gasteiger partial charge in [-0.3, -0.25) is 0 Å². The Hall–Kier alpha value is -1.07. The lowest BCUT2D eigenvalue weighted by atomic mass is 10.3. The average molecular weight is 240 g/mol. The van der Waals surface area contributed by atoms with Crippen molar-refractivity contribution in [1.29, 1.82) is 0 Å². The fourth-order valence-corrected chi connectivity index (χ4v) is 2.79. The summed E-state index contributed by atoms with van der Waals surface area (Å²) < 4.78 is 26.3. The van der Waals surface area contributed by atoms with Gasteiger partial charge in [-0.2, -0.15) is 0 Å². The quantitative estimate of drug-likeness (QED) is 0.763. The maximum Gasteiger partial charge on any atom is 0.242 e. The van der Waals surface area contributed by atoms with Crippen LogP contribution in [-0.2, 0) is 10.0 Å². The highest BCUT2D eigenvalue weighted by atomic mass is 32.2. The van der Waals surface area contributed by atoms with Crippen molar-refractivity contribution < 1.29 is 8.42 Å². The number of rotatable bonds is 5. The number of anilines is 1. The third kappa shape index (κ3) is 2.74. The minimum Gasteiger partial charge on any atom is -0.398 e. The number of nitrogens with one attached hydrogen (secondary N) is 1. The molecule has 1 aromatic carbocycles. The van der Waals surface area contributed by atoms with Crippen LogP contribution in [0.3, 0.4) is 0 Å². The van der Waals surface area contributed by atoms with Gasteiger partial charge in [0.05, 0.1) is 5.69 Å². The highest BCUT2D eigenvalue weighted by Gasteiger charge is 2.22. The van der Waals surface area contributed by atoms with Gasteiger partial charge in [-0.1, -0.05) is 25.0 Å². The molecule has 5 heteroatoms. The maximum atomic E-state index is 11.9. The van der Waals surface area contributed by atoms with Gasteiger partial charge >= 0.3 is 0 Å². The Balaban J connectivity index is 2.03. The van der Waals surface area contributed by atoms with Gasteiger partial charge < -0.3 is 5.73 Å². The largest absolute Gasteiger partial charge is 0.398 e. The normalized spacial score (nSPS) is 16.2. The maximum absolute atomic E-state index is 11.9. The molecule has 1 aliphatic carbocycles. The number of hydrogen-bond acceptors (Lipinski definition) is 3. The summed E-state index contributed by atoms with van der Waals surface area (Å²) >= 11 is 0. The third-order valence-corrected chi connectivity index (χ3v) is 4.29. The molecular formula is C11H16N2O2S. The average Bonchev–Trinajstić information content (AvgIpc) is 3.02.